The summed E-state index contributed by atoms with van der Waals surface area (Å²) in [4.78, 5) is 16.5. The lowest BCUT2D eigenvalue weighted by atomic mass is 10.1. The molecular formula is C21H19N3O2S. The van der Waals surface area contributed by atoms with Crippen LogP contribution < -0.4 is 10.1 Å². The summed E-state index contributed by atoms with van der Waals surface area (Å²) in [5, 5.41) is 6.60. The van der Waals surface area contributed by atoms with Gasteiger partial charge in [0.2, 0.25) is 5.91 Å². The highest BCUT2D eigenvalue weighted by Gasteiger charge is 2.10. The van der Waals surface area contributed by atoms with Gasteiger partial charge in [0.1, 0.15) is 5.75 Å². The second kappa shape index (κ2) is 7.63. The largest absolute Gasteiger partial charge is 0.431 e. The molecule has 0 aliphatic heterocycles. The van der Waals surface area contributed by atoms with Gasteiger partial charge in [-0.2, -0.15) is 0 Å². The first-order valence-electron chi connectivity index (χ1n) is 8.65. The highest BCUT2D eigenvalue weighted by atomic mass is 32.1. The number of nitrogens with zero attached hydrogens (tertiary/aromatic N) is 2. The number of carbonyl (C=O) groups excluding carboxylic acids is 1. The van der Waals surface area contributed by atoms with E-state index in [1.165, 1.54) is 11.3 Å². The van der Waals surface area contributed by atoms with Gasteiger partial charge in [-0.05, 0) is 29.3 Å². The number of aryl methyl sites for hydroxylation is 1. The molecule has 4 rings (SSSR count). The zero-order valence-electron chi connectivity index (χ0n) is 14.9. The van der Waals surface area contributed by atoms with Crippen LogP contribution in [-0.4, -0.2) is 15.5 Å². The number of hydrogen-bond acceptors (Lipinski definition) is 4. The Morgan fingerprint density at radius 2 is 2.00 bits per heavy atom. The summed E-state index contributed by atoms with van der Waals surface area (Å²) < 4.78 is 7.69. The first-order valence-corrected chi connectivity index (χ1v) is 9.53. The molecule has 1 amide bonds. The Morgan fingerprint density at radius 3 is 2.78 bits per heavy atom. The molecule has 5 nitrogen and oxygen atoms in total. The van der Waals surface area contributed by atoms with E-state index >= 15 is 0 Å². The normalized spacial score (nSPS) is 10.9. The molecule has 27 heavy (non-hydrogen) atoms. The van der Waals surface area contributed by atoms with Gasteiger partial charge in [-0.25, -0.2) is 4.98 Å². The van der Waals surface area contributed by atoms with Crippen molar-refractivity contribution in [2.45, 2.75) is 13.0 Å². The van der Waals surface area contributed by atoms with Crippen molar-refractivity contribution in [3.8, 4) is 10.9 Å². The number of para-hydroxylation sites is 1. The van der Waals surface area contributed by atoms with Crippen molar-refractivity contribution in [2.75, 3.05) is 0 Å². The molecule has 136 valence electrons. The van der Waals surface area contributed by atoms with Gasteiger partial charge in [-0.1, -0.05) is 41.7 Å². The third kappa shape index (κ3) is 4.01. The number of aromatic nitrogens is 2. The second-order valence-corrected chi connectivity index (χ2v) is 7.14. The molecule has 4 aromatic rings. The number of carbonyl (C=O) groups is 1. The summed E-state index contributed by atoms with van der Waals surface area (Å²) in [6.45, 7) is 0.487. The van der Waals surface area contributed by atoms with Crippen molar-refractivity contribution in [2.24, 2.45) is 7.05 Å². The molecule has 2 aromatic heterocycles. The van der Waals surface area contributed by atoms with Gasteiger partial charge in [0.05, 0.1) is 6.42 Å². The number of ether oxygens (including phenoxy) is 1. The minimum Gasteiger partial charge on any atom is -0.431 e. The zero-order valence-corrected chi connectivity index (χ0v) is 15.7. The van der Waals surface area contributed by atoms with Crippen molar-refractivity contribution in [1.29, 1.82) is 0 Å². The van der Waals surface area contributed by atoms with Crippen LogP contribution in [0.1, 0.15) is 11.1 Å². The number of benzene rings is 2. The van der Waals surface area contributed by atoms with E-state index in [-0.39, 0.29) is 5.91 Å². The monoisotopic (exact) mass is 377 g/mol. The summed E-state index contributed by atoms with van der Waals surface area (Å²) >= 11 is 1.45. The molecule has 0 fully saturated rings. The van der Waals surface area contributed by atoms with Crippen molar-refractivity contribution in [3.05, 3.63) is 77.4 Å². The molecule has 1 N–H and O–H groups in total. The minimum absolute atomic E-state index is 0.00876. The average Bonchev–Trinajstić information content (AvgIpc) is 3.30. The molecule has 6 heteroatoms. The Labute approximate surface area is 161 Å². The third-order valence-electron chi connectivity index (χ3n) is 4.36. The number of rotatable bonds is 6. The highest BCUT2D eigenvalue weighted by molar-refractivity contribution is 7.11. The third-order valence-corrected chi connectivity index (χ3v) is 5.01. The van der Waals surface area contributed by atoms with Crippen molar-refractivity contribution in [1.82, 2.24) is 14.9 Å². The lowest BCUT2D eigenvalue weighted by Gasteiger charge is -2.06. The van der Waals surface area contributed by atoms with Gasteiger partial charge in [-0.15, -0.1) is 0 Å². The first kappa shape index (κ1) is 17.3. The number of fused-ring (bicyclic) bond motifs is 1. The Morgan fingerprint density at radius 1 is 1.19 bits per heavy atom. The maximum Gasteiger partial charge on any atom is 0.278 e. The van der Waals surface area contributed by atoms with Crippen LogP contribution in [-0.2, 0) is 24.8 Å². The van der Waals surface area contributed by atoms with Gasteiger partial charge in [-0.3, -0.25) is 4.79 Å². The smallest absolute Gasteiger partial charge is 0.278 e. The number of nitrogens with one attached hydrogen (secondary N) is 1. The first-order chi connectivity index (χ1) is 13.2. The van der Waals surface area contributed by atoms with Crippen LogP contribution >= 0.6 is 11.3 Å². The van der Waals surface area contributed by atoms with Crippen molar-refractivity contribution >= 4 is 28.1 Å². The Balaban J connectivity index is 1.35. The topological polar surface area (TPSA) is 56.2 Å². The van der Waals surface area contributed by atoms with E-state index in [4.69, 9.17) is 4.74 Å². The maximum absolute atomic E-state index is 12.4. The molecule has 0 bridgehead atoms. The van der Waals surface area contributed by atoms with E-state index in [0.717, 1.165) is 27.8 Å². The van der Waals surface area contributed by atoms with E-state index in [9.17, 15) is 4.79 Å². The fourth-order valence-electron chi connectivity index (χ4n) is 3.04. The van der Waals surface area contributed by atoms with Crippen LogP contribution in [0.15, 0.2) is 66.3 Å². The maximum atomic E-state index is 12.4. The van der Waals surface area contributed by atoms with Crippen LogP contribution in [0.5, 0.6) is 10.9 Å². The molecule has 0 atom stereocenters. The summed E-state index contributed by atoms with van der Waals surface area (Å²) in [7, 11) is 2.00. The molecule has 0 unspecified atom stereocenters. The van der Waals surface area contributed by atoms with Crippen LogP contribution in [0.2, 0.25) is 0 Å². The van der Waals surface area contributed by atoms with Gasteiger partial charge in [0.25, 0.3) is 5.19 Å². The SMILES string of the molecule is Cn1cc(CC(=O)NCc2ccc(Oc3nccs3)cc2)c2ccccc21. The lowest BCUT2D eigenvalue weighted by Crippen LogP contribution is -2.24. The van der Waals surface area contributed by atoms with Crippen LogP contribution in [0.3, 0.4) is 0 Å². The minimum atomic E-state index is 0.00876. The predicted octanol–water partition coefficient (Wildman–Crippen LogP) is 4.29. The number of hydrogen-bond donors (Lipinski definition) is 1. The molecule has 0 radical (unpaired) electrons. The summed E-state index contributed by atoms with van der Waals surface area (Å²) in [5.74, 6) is 0.741. The molecule has 0 aliphatic carbocycles. The molecular weight excluding hydrogens is 358 g/mol. The second-order valence-electron chi connectivity index (χ2n) is 6.28. The Bertz CT molecular complexity index is 1050. The molecule has 2 heterocycles. The fraction of sp³-hybridized carbons (Fsp3) is 0.143. The van der Waals surface area contributed by atoms with Gasteiger partial charge >= 0.3 is 0 Å². The number of amides is 1. The average molecular weight is 377 g/mol. The summed E-state index contributed by atoms with van der Waals surface area (Å²) in [5.41, 5.74) is 3.20. The fourth-order valence-corrected chi connectivity index (χ4v) is 3.54. The molecule has 2 aromatic carbocycles. The van der Waals surface area contributed by atoms with Gasteiger partial charge in [0, 0.05) is 42.3 Å². The van der Waals surface area contributed by atoms with Crippen LogP contribution in [0.25, 0.3) is 10.9 Å². The highest BCUT2D eigenvalue weighted by Crippen LogP contribution is 2.23. The summed E-state index contributed by atoms with van der Waals surface area (Å²) in [6, 6.07) is 15.8. The lowest BCUT2D eigenvalue weighted by molar-refractivity contribution is -0.120. The van der Waals surface area contributed by atoms with E-state index in [1.807, 2.05) is 55.0 Å². The van der Waals surface area contributed by atoms with Gasteiger partial charge in [0.15, 0.2) is 0 Å². The Kier molecular flexibility index (Phi) is 4.89. The Hall–Kier alpha value is -3.12. The quantitative estimate of drug-likeness (QED) is 0.545. The van der Waals surface area contributed by atoms with Crippen LogP contribution in [0, 0.1) is 0 Å². The van der Waals surface area contributed by atoms with E-state index in [0.29, 0.717) is 18.2 Å². The standard InChI is InChI=1S/C21H19N3O2S/c1-24-14-16(18-4-2-3-5-19(18)24)12-20(25)23-13-15-6-8-17(9-7-15)26-21-22-10-11-27-21/h2-11,14H,12-13H2,1H3,(H,23,25). The van der Waals surface area contributed by atoms with E-state index in [1.54, 1.807) is 6.20 Å². The summed E-state index contributed by atoms with van der Waals surface area (Å²) in [6.07, 6.45) is 4.10. The molecule has 0 aliphatic rings. The van der Waals surface area contributed by atoms with Crippen molar-refractivity contribution < 1.29 is 9.53 Å². The molecule has 0 spiro atoms. The van der Waals surface area contributed by atoms with E-state index < -0.39 is 0 Å². The predicted molar refractivity (Wildman–Crippen MR) is 107 cm³/mol. The van der Waals surface area contributed by atoms with Crippen LogP contribution in [0.4, 0.5) is 0 Å². The molecule has 0 saturated heterocycles. The van der Waals surface area contributed by atoms with E-state index in [2.05, 4.69) is 27.0 Å². The zero-order chi connectivity index (χ0) is 18.6. The van der Waals surface area contributed by atoms with Gasteiger partial charge < -0.3 is 14.6 Å². The molecule has 0 saturated carbocycles. The number of thiazole rings is 1. The van der Waals surface area contributed by atoms with Crippen molar-refractivity contribution in [3.63, 3.8) is 0 Å².